The second-order valence-corrected chi connectivity index (χ2v) is 5.63. The molecule has 0 atom stereocenters. The number of aromatic nitrogens is 3. The summed E-state index contributed by atoms with van der Waals surface area (Å²) in [6, 6.07) is 9.00. The molecule has 3 rings (SSSR count). The highest BCUT2D eigenvalue weighted by atomic mass is 32.1. The Morgan fingerprint density at radius 1 is 1.24 bits per heavy atom. The summed E-state index contributed by atoms with van der Waals surface area (Å²) in [4.78, 5) is 24.1. The van der Waals surface area contributed by atoms with Crippen LogP contribution in [0.3, 0.4) is 0 Å². The maximum absolute atomic E-state index is 11.9. The fourth-order valence-corrected chi connectivity index (χ4v) is 2.65. The van der Waals surface area contributed by atoms with Crippen molar-refractivity contribution in [2.75, 3.05) is 18.2 Å². The van der Waals surface area contributed by atoms with E-state index in [1.165, 1.54) is 11.3 Å². The SMILES string of the molecule is COc1ccccc1Nc1nc(N)nc(COC(=O)c2ccsc2)n1. The maximum Gasteiger partial charge on any atom is 0.339 e. The van der Waals surface area contributed by atoms with Gasteiger partial charge >= 0.3 is 5.97 Å². The van der Waals surface area contributed by atoms with Crippen LogP contribution < -0.4 is 15.8 Å². The molecule has 128 valence electrons. The van der Waals surface area contributed by atoms with Crippen LogP contribution in [-0.4, -0.2) is 28.0 Å². The van der Waals surface area contributed by atoms with E-state index < -0.39 is 5.97 Å². The first kappa shape index (κ1) is 16.7. The highest BCUT2D eigenvalue weighted by Crippen LogP contribution is 2.25. The number of carbonyl (C=O) groups is 1. The Kier molecular flexibility index (Phi) is 5.05. The molecule has 3 aromatic rings. The number of nitrogens with zero attached hydrogens (tertiary/aromatic N) is 3. The fourth-order valence-electron chi connectivity index (χ4n) is 2.02. The molecule has 2 heterocycles. The Labute approximate surface area is 147 Å². The molecule has 9 heteroatoms. The number of ether oxygens (including phenoxy) is 2. The van der Waals surface area contributed by atoms with Gasteiger partial charge in [-0.05, 0) is 23.6 Å². The molecule has 3 N–H and O–H groups in total. The van der Waals surface area contributed by atoms with Gasteiger partial charge in [-0.2, -0.15) is 26.3 Å². The second-order valence-electron chi connectivity index (χ2n) is 4.85. The quantitative estimate of drug-likeness (QED) is 0.648. The van der Waals surface area contributed by atoms with E-state index in [2.05, 4.69) is 20.3 Å². The van der Waals surface area contributed by atoms with Gasteiger partial charge in [0.1, 0.15) is 5.75 Å². The van der Waals surface area contributed by atoms with Gasteiger partial charge in [-0.1, -0.05) is 12.1 Å². The predicted octanol–water partition coefficient (Wildman–Crippen LogP) is 2.62. The van der Waals surface area contributed by atoms with Gasteiger partial charge in [0.25, 0.3) is 0 Å². The summed E-state index contributed by atoms with van der Waals surface area (Å²) >= 11 is 1.42. The van der Waals surface area contributed by atoms with Crippen LogP contribution in [0.25, 0.3) is 0 Å². The first-order chi connectivity index (χ1) is 12.2. The van der Waals surface area contributed by atoms with Crippen molar-refractivity contribution >= 4 is 34.9 Å². The van der Waals surface area contributed by atoms with Gasteiger partial charge < -0.3 is 20.5 Å². The molecule has 0 aliphatic carbocycles. The maximum atomic E-state index is 11.9. The molecular formula is C16H15N5O3S. The number of nitrogens with two attached hydrogens (primary N) is 1. The smallest absolute Gasteiger partial charge is 0.339 e. The highest BCUT2D eigenvalue weighted by Gasteiger charge is 2.11. The minimum atomic E-state index is -0.445. The van der Waals surface area contributed by atoms with E-state index in [1.54, 1.807) is 30.0 Å². The Balaban J connectivity index is 1.73. The predicted molar refractivity (Wildman–Crippen MR) is 94.0 cm³/mol. The first-order valence-corrected chi connectivity index (χ1v) is 8.20. The molecule has 0 radical (unpaired) electrons. The van der Waals surface area contributed by atoms with Crippen LogP contribution in [0.2, 0.25) is 0 Å². The van der Waals surface area contributed by atoms with E-state index in [0.29, 0.717) is 17.0 Å². The molecule has 0 saturated carbocycles. The normalized spacial score (nSPS) is 10.3. The number of thiophene rings is 1. The average Bonchev–Trinajstić information content (AvgIpc) is 3.14. The van der Waals surface area contributed by atoms with Crippen LogP contribution in [0, 0.1) is 0 Å². The van der Waals surface area contributed by atoms with E-state index in [9.17, 15) is 4.79 Å². The highest BCUT2D eigenvalue weighted by molar-refractivity contribution is 7.08. The van der Waals surface area contributed by atoms with Gasteiger partial charge in [0, 0.05) is 5.38 Å². The largest absolute Gasteiger partial charge is 0.495 e. The zero-order valence-corrected chi connectivity index (χ0v) is 14.1. The van der Waals surface area contributed by atoms with Gasteiger partial charge in [0.15, 0.2) is 12.4 Å². The van der Waals surface area contributed by atoms with E-state index in [-0.39, 0.29) is 24.3 Å². The minimum absolute atomic E-state index is 0.0222. The molecule has 0 amide bonds. The van der Waals surface area contributed by atoms with Gasteiger partial charge in [-0.15, -0.1) is 0 Å². The molecule has 8 nitrogen and oxygen atoms in total. The molecule has 0 spiro atoms. The van der Waals surface area contributed by atoms with Gasteiger partial charge in [-0.25, -0.2) is 4.79 Å². The zero-order chi connectivity index (χ0) is 17.6. The second kappa shape index (κ2) is 7.58. The van der Waals surface area contributed by atoms with Crippen molar-refractivity contribution in [2.45, 2.75) is 6.61 Å². The average molecular weight is 357 g/mol. The molecule has 0 aliphatic rings. The number of esters is 1. The summed E-state index contributed by atoms with van der Waals surface area (Å²) in [5.41, 5.74) is 6.88. The third kappa shape index (κ3) is 4.21. The molecule has 0 unspecified atom stereocenters. The summed E-state index contributed by atoms with van der Waals surface area (Å²) in [6.07, 6.45) is 0. The fraction of sp³-hybridized carbons (Fsp3) is 0.125. The van der Waals surface area contributed by atoms with E-state index in [1.807, 2.05) is 18.2 Å². The molecule has 0 saturated heterocycles. The van der Waals surface area contributed by atoms with E-state index in [0.717, 1.165) is 0 Å². The Bertz CT molecular complexity index is 870. The first-order valence-electron chi connectivity index (χ1n) is 7.25. The number of hydrogen-bond acceptors (Lipinski definition) is 9. The Hall–Kier alpha value is -3.20. The van der Waals surface area contributed by atoms with Crippen molar-refractivity contribution in [3.63, 3.8) is 0 Å². The number of nitrogens with one attached hydrogen (secondary N) is 1. The number of benzene rings is 1. The number of carbonyl (C=O) groups excluding carboxylic acids is 1. The molecule has 0 bridgehead atoms. The van der Waals surface area contributed by atoms with Crippen molar-refractivity contribution in [3.05, 3.63) is 52.5 Å². The number of para-hydroxylation sites is 2. The molecule has 0 fully saturated rings. The lowest BCUT2D eigenvalue weighted by molar-refractivity contribution is 0.0463. The van der Waals surface area contributed by atoms with Crippen molar-refractivity contribution in [3.8, 4) is 5.75 Å². The topological polar surface area (TPSA) is 112 Å². The van der Waals surface area contributed by atoms with Gasteiger partial charge in [-0.3, -0.25) is 0 Å². The zero-order valence-electron chi connectivity index (χ0n) is 13.3. The molecule has 0 aliphatic heterocycles. The lowest BCUT2D eigenvalue weighted by Crippen LogP contribution is -2.11. The van der Waals surface area contributed by atoms with Crippen molar-refractivity contribution in [1.29, 1.82) is 0 Å². The minimum Gasteiger partial charge on any atom is -0.495 e. The van der Waals surface area contributed by atoms with Crippen LogP contribution >= 0.6 is 11.3 Å². The third-order valence-corrected chi connectivity index (χ3v) is 3.82. The summed E-state index contributed by atoms with van der Waals surface area (Å²) in [5, 5.41) is 6.52. The standard InChI is InChI=1S/C16H15N5O3S/c1-23-12-5-3-2-4-11(12)18-16-20-13(19-15(17)21-16)8-24-14(22)10-6-7-25-9-10/h2-7,9H,8H2,1H3,(H3,17,18,19,20,21). The van der Waals surface area contributed by atoms with Crippen LogP contribution in [0.15, 0.2) is 41.1 Å². The Morgan fingerprint density at radius 3 is 2.84 bits per heavy atom. The number of rotatable bonds is 6. The lowest BCUT2D eigenvalue weighted by atomic mass is 10.3. The third-order valence-electron chi connectivity index (χ3n) is 3.14. The molecular weight excluding hydrogens is 342 g/mol. The van der Waals surface area contributed by atoms with Crippen molar-refractivity contribution in [1.82, 2.24) is 15.0 Å². The van der Waals surface area contributed by atoms with Crippen molar-refractivity contribution < 1.29 is 14.3 Å². The van der Waals surface area contributed by atoms with Crippen LogP contribution in [0.5, 0.6) is 5.75 Å². The summed E-state index contributed by atoms with van der Waals surface area (Å²) in [6.45, 7) is -0.109. The van der Waals surface area contributed by atoms with Crippen LogP contribution in [0.1, 0.15) is 16.2 Å². The van der Waals surface area contributed by atoms with E-state index in [4.69, 9.17) is 15.2 Å². The summed E-state index contributed by atoms with van der Waals surface area (Å²) in [7, 11) is 1.57. The summed E-state index contributed by atoms with van der Waals surface area (Å²) in [5.74, 6) is 0.687. The summed E-state index contributed by atoms with van der Waals surface area (Å²) < 4.78 is 10.4. The molecule has 25 heavy (non-hydrogen) atoms. The number of anilines is 3. The number of methoxy groups -OCH3 is 1. The number of hydrogen-bond donors (Lipinski definition) is 2. The van der Waals surface area contributed by atoms with Gasteiger partial charge in [0.2, 0.25) is 11.9 Å². The van der Waals surface area contributed by atoms with Crippen LogP contribution in [0.4, 0.5) is 17.6 Å². The molecule has 2 aromatic heterocycles. The van der Waals surface area contributed by atoms with Gasteiger partial charge in [0.05, 0.1) is 18.4 Å². The van der Waals surface area contributed by atoms with E-state index >= 15 is 0 Å². The van der Waals surface area contributed by atoms with Crippen LogP contribution in [-0.2, 0) is 11.3 Å². The van der Waals surface area contributed by atoms with Crippen molar-refractivity contribution in [2.24, 2.45) is 0 Å². The monoisotopic (exact) mass is 357 g/mol. The number of nitrogen functional groups attached to an aromatic ring is 1. The molecule has 1 aromatic carbocycles. The Morgan fingerprint density at radius 2 is 2.08 bits per heavy atom. The lowest BCUT2D eigenvalue weighted by Gasteiger charge is -2.10.